The van der Waals surface area contributed by atoms with Crippen LogP contribution in [-0.2, 0) is 4.79 Å². The number of carbonyl (C=O) groups is 1. The third-order valence-electron chi connectivity index (χ3n) is 1.79. The molecule has 0 unspecified atom stereocenters. The largest absolute Gasteiger partial charge is 1.00 e. The van der Waals surface area contributed by atoms with E-state index in [9.17, 15) is 9.90 Å². The van der Waals surface area contributed by atoms with E-state index in [-0.39, 0.29) is 57.8 Å². The van der Waals surface area contributed by atoms with Crippen LogP contribution in [0.5, 0.6) is 0 Å². The van der Waals surface area contributed by atoms with Gasteiger partial charge in [0.15, 0.2) is 0 Å². The zero-order valence-corrected chi connectivity index (χ0v) is 11.7. The minimum absolute atomic E-state index is 0. The standard InChI is InChI=1S/C10H18O2.K/c1-2-3-4-5-6-7-8-9-10(11)12;/h2H,1,3-9H2,(H,11,12);/q;+1/p-1. The molecule has 0 saturated carbocycles. The molecule has 0 radical (unpaired) electrons. The van der Waals surface area contributed by atoms with E-state index in [1.807, 2.05) is 6.08 Å². The normalized spacial score (nSPS) is 8.92. The molecule has 0 atom stereocenters. The maximum Gasteiger partial charge on any atom is 1.00 e. The summed E-state index contributed by atoms with van der Waals surface area (Å²) in [5.74, 6) is -0.930. The van der Waals surface area contributed by atoms with Crippen LogP contribution in [-0.4, -0.2) is 5.97 Å². The summed E-state index contributed by atoms with van der Waals surface area (Å²) in [5.41, 5.74) is 0. The molecule has 2 nitrogen and oxygen atoms in total. The zero-order valence-electron chi connectivity index (χ0n) is 8.55. The van der Waals surface area contributed by atoms with Gasteiger partial charge in [0.05, 0.1) is 0 Å². The number of allylic oxidation sites excluding steroid dienone is 1. The molecule has 13 heavy (non-hydrogen) atoms. The zero-order chi connectivity index (χ0) is 9.23. The number of hydrogen-bond acceptors (Lipinski definition) is 2. The van der Waals surface area contributed by atoms with Crippen LogP contribution in [0.25, 0.3) is 0 Å². The van der Waals surface area contributed by atoms with Crippen molar-refractivity contribution >= 4 is 5.97 Å². The van der Waals surface area contributed by atoms with E-state index in [1.54, 1.807) is 0 Å². The van der Waals surface area contributed by atoms with Crippen molar-refractivity contribution in [2.45, 2.75) is 44.9 Å². The van der Waals surface area contributed by atoms with Gasteiger partial charge in [0.1, 0.15) is 0 Å². The van der Waals surface area contributed by atoms with Gasteiger partial charge >= 0.3 is 51.4 Å². The first-order valence-electron chi connectivity index (χ1n) is 4.58. The van der Waals surface area contributed by atoms with Crippen LogP contribution < -0.4 is 56.5 Å². The van der Waals surface area contributed by atoms with Crippen LogP contribution in [0.4, 0.5) is 0 Å². The Labute approximate surface area is 123 Å². The molecule has 70 valence electrons. The summed E-state index contributed by atoms with van der Waals surface area (Å²) >= 11 is 0. The monoisotopic (exact) mass is 208 g/mol. The van der Waals surface area contributed by atoms with Gasteiger partial charge in [-0.05, 0) is 25.7 Å². The summed E-state index contributed by atoms with van der Waals surface area (Å²) in [7, 11) is 0. The average Bonchev–Trinajstić information content (AvgIpc) is 2.02. The Hall–Kier alpha value is 0.846. The Morgan fingerprint density at radius 1 is 1.15 bits per heavy atom. The molecule has 0 aromatic rings. The summed E-state index contributed by atoms with van der Waals surface area (Å²) in [5, 5.41) is 10.0. The Balaban J connectivity index is 0. The van der Waals surface area contributed by atoms with E-state index in [0.717, 1.165) is 25.7 Å². The molecule has 0 bridgehead atoms. The van der Waals surface area contributed by atoms with Crippen molar-refractivity contribution in [2.24, 2.45) is 0 Å². The topological polar surface area (TPSA) is 40.1 Å². The molecule has 0 spiro atoms. The predicted molar refractivity (Wildman–Crippen MR) is 47.5 cm³/mol. The molecule has 0 aromatic heterocycles. The number of hydrogen-bond donors (Lipinski definition) is 0. The Bertz CT molecular complexity index is 135. The van der Waals surface area contributed by atoms with E-state index >= 15 is 0 Å². The van der Waals surface area contributed by atoms with Crippen LogP contribution in [0, 0.1) is 0 Å². The van der Waals surface area contributed by atoms with Crippen molar-refractivity contribution in [3.8, 4) is 0 Å². The first-order valence-corrected chi connectivity index (χ1v) is 4.58. The maximum absolute atomic E-state index is 10.0. The number of carbonyl (C=O) groups excluding carboxylic acids is 1. The van der Waals surface area contributed by atoms with Gasteiger partial charge < -0.3 is 9.90 Å². The van der Waals surface area contributed by atoms with E-state index in [0.29, 0.717) is 0 Å². The van der Waals surface area contributed by atoms with Crippen molar-refractivity contribution in [3.63, 3.8) is 0 Å². The molecule has 0 rings (SSSR count). The van der Waals surface area contributed by atoms with E-state index in [4.69, 9.17) is 0 Å². The molecule has 0 N–H and O–H groups in total. The molecular formula is C10H17KO2. The van der Waals surface area contributed by atoms with Gasteiger partial charge in [0, 0.05) is 5.97 Å². The first kappa shape index (κ1) is 16.3. The minimum Gasteiger partial charge on any atom is -0.550 e. The number of aliphatic carboxylic acids is 1. The second-order valence-corrected chi connectivity index (χ2v) is 2.97. The summed E-state index contributed by atoms with van der Waals surface area (Å²) in [6, 6.07) is 0. The van der Waals surface area contributed by atoms with Crippen LogP contribution in [0.2, 0.25) is 0 Å². The summed E-state index contributed by atoms with van der Waals surface area (Å²) < 4.78 is 0. The molecule has 0 aliphatic rings. The van der Waals surface area contributed by atoms with E-state index in [1.165, 1.54) is 12.8 Å². The third kappa shape index (κ3) is 15.6. The number of unbranched alkanes of at least 4 members (excludes halogenated alkanes) is 5. The fraction of sp³-hybridized carbons (Fsp3) is 0.700. The van der Waals surface area contributed by atoms with Gasteiger partial charge in [-0.3, -0.25) is 0 Å². The number of carboxylic acids is 1. The third-order valence-corrected chi connectivity index (χ3v) is 1.79. The van der Waals surface area contributed by atoms with Gasteiger partial charge in [-0.15, -0.1) is 6.58 Å². The van der Waals surface area contributed by atoms with Gasteiger partial charge in [-0.25, -0.2) is 0 Å². The van der Waals surface area contributed by atoms with Gasteiger partial charge in [-0.1, -0.05) is 25.3 Å². The second kappa shape index (κ2) is 12.8. The van der Waals surface area contributed by atoms with Crippen LogP contribution in [0.15, 0.2) is 12.7 Å². The van der Waals surface area contributed by atoms with Gasteiger partial charge in [0.25, 0.3) is 0 Å². The summed E-state index contributed by atoms with van der Waals surface area (Å²) in [6.45, 7) is 3.63. The van der Waals surface area contributed by atoms with Crippen molar-refractivity contribution in [3.05, 3.63) is 12.7 Å². The summed E-state index contributed by atoms with van der Waals surface area (Å²) in [4.78, 5) is 10.0. The second-order valence-electron chi connectivity index (χ2n) is 2.97. The quantitative estimate of drug-likeness (QED) is 0.281. The molecular weight excluding hydrogens is 191 g/mol. The van der Waals surface area contributed by atoms with E-state index < -0.39 is 5.97 Å². The number of rotatable bonds is 8. The molecule has 0 aliphatic heterocycles. The Morgan fingerprint density at radius 3 is 2.23 bits per heavy atom. The van der Waals surface area contributed by atoms with Gasteiger partial charge in [0.2, 0.25) is 0 Å². The molecule has 0 fully saturated rings. The molecule has 0 amide bonds. The maximum atomic E-state index is 10.0. The number of carboxylic acid groups (broad SMARTS) is 1. The van der Waals surface area contributed by atoms with Crippen LogP contribution in [0.3, 0.4) is 0 Å². The molecule has 0 aliphatic carbocycles. The molecule has 0 saturated heterocycles. The van der Waals surface area contributed by atoms with Crippen molar-refractivity contribution in [1.29, 1.82) is 0 Å². The smallest absolute Gasteiger partial charge is 0.550 e. The van der Waals surface area contributed by atoms with Crippen molar-refractivity contribution in [1.82, 2.24) is 0 Å². The minimum atomic E-state index is -0.930. The SMILES string of the molecule is C=CCCCCCCCC(=O)[O-].[K+]. The van der Waals surface area contributed by atoms with E-state index in [2.05, 4.69) is 6.58 Å². The average molecular weight is 208 g/mol. The Morgan fingerprint density at radius 2 is 1.69 bits per heavy atom. The summed E-state index contributed by atoms with van der Waals surface area (Å²) in [6.07, 6.45) is 8.44. The van der Waals surface area contributed by atoms with Crippen molar-refractivity contribution in [2.75, 3.05) is 0 Å². The van der Waals surface area contributed by atoms with Crippen molar-refractivity contribution < 1.29 is 61.3 Å². The fourth-order valence-electron chi connectivity index (χ4n) is 1.09. The predicted octanol–water partition coefficient (Wildman–Crippen LogP) is -1.34. The van der Waals surface area contributed by atoms with Crippen LogP contribution in [0.1, 0.15) is 44.9 Å². The fourth-order valence-corrected chi connectivity index (χ4v) is 1.09. The van der Waals surface area contributed by atoms with Gasteiger partial charge in [-0.2, -0.15) is 0 Å². The molecule has 0 heterocycles. The van der Waals surface area contributed by atoms with Crippen LogP contribution >= 0.6 is 0 Å². The molecule has 3 heteroatoms. The first-order chi connectivity index (χ1) is 5.77. The Kier molecular flexibility index (Phi) is 16.1. The molecule has 0 aromatic carbocycles.